The fraction of sp³-hybridized carbons (Fsp3) is 0.0556. The lowest BCUT2D eigenvalue weighted by Gasteiger charge is -2.26. The predicted molar refractivity (Wildman–Crippen MR) is 99.7 cm³/mol. The van der Waals surface area contributed by atoms with Gasteiger partial charge < -0.3 is 14.6 Å². The van der Waals surface area contributed by atoms with Gasteiger partial charge in [-0.3, -0.25) is 14.9 Å². The number of carbonyl (C=O) groups excluding carboxylic acids is 3. The third-order valence-electron chi connectivity index (χ3n) is 4.07. The van der Waals surface area contributed by atoms with Gasteiger partial charge in [0.25, 0.3) is 11.8 Å². The number of hydrogen-bond donors (Lipinski definition) is 2. The Morgan fingerprint density at radius 3 is 2.43 bits per heavy atom. The molecule has 2 aliphatic heterocycles. The smallest absolute Gasteiger partial charge is 0.335 e. The predicted octanol–water partition coefficient (Wildman–Crippen LogP) is 3.09. The highest BCUT2D eigenvalue weighted by Crippen LogP contribution is 2.37. The molecular formula is C18H10Cl2N2O6. The second kappa shape index (κ2) is 6.74. The Hall–Kier alpha value is -3.23. The van der Waals surface area contributed by atoms with Gasteiger partial charge in [0.05, 0.1) is 15.7 Å². The van der Waals surface area contributed by atoms with Crippen LogP contribution in [0.1, 0.15) is 5.56 Å². The van der Waals surface area contributed by atoms with Crippen molar-refractivity contribution in [2.24, 2.45) is 0 Å². The molecule has 2 aliphatic rings. The standard InChI is InChI=1S/C18H10Cl2N2O6/c19-11-4-8(5-12(20)15(11)23)3-10-16(24)21-18(26)22(17(10)25)9-1-2-13-14(6-9)28-7-27-13/h1-6,23H,7H2,(H,21,24,26)/b10-3+. The van der Waals surface area contributed by atoms with Crippen LogP contribution >= 0.6 is 23.2 Å². The van der Waals surface area contributed by atoms with Gasteiger partial charge >= 0.3 is 6.03 Å². The van der Waals surface area contributed by atoms with Gasteiger partial charge in [0.15, 0.2) is 17.2 Å². The van der Waals surface area contributed by atoms with E-state index in [-0.39, 0.29) is 33.8 Å². The lowest BCUT2D eigenvalue weighted by molar-refractivity contribution is -0.122. The van der Waals surface area contributed by atoms with Crippen molar-refractivity contribution >= 4 is 52.8 Å². The van der Waals surface area contributed by atoms with Gasteiger partial charge in [0.2, 0.25) is 6.79 Å². The SMILES string of the molecule is O=C1NC(=O)N(c2ccc3c(c2)OCO3)C(=O)/C1=C/c1cc(Cl)c(O)c(Cl)c1. The molecule has 2 aromatic rings. The molecule has 8 nitrogen and oxygen atoms in total. The molecule has 2 aromatic carbocycles. The Kier molecular flexibility index (Phi) is 4.37. The van der Waals surface area contributed by atoms with Crippen LogP contribution in [0.2, 0.25) is 10.0 Å². The number of phenols is 1. The van der Waals surface area contributed by atoms with Crippen LogP contribution in [0.5, 0.6) is 17.2 Å². The Morgan fingerprint density at radius 2 is 1.71 bits per heavy atom. The number of benzene rings is 2. The second-order valence-electron chi connectivity index (χ2n) is 5.83. The summed E-state index contributed by atoms with van der Waals surface area (Å²) in [5.41, 5.74) is 0.188. The van der Waals surface area contributed by atoms with Gasteiger partial charge in [-0.1, -0.05) is 23.2 Å². The number of anilines is 1. The molecule has 10 heteroatoms. The average molecular weight is 421 g/mol. The molecule has 2 heterocycles. The number of phenolic OH excluding ortho intramolecular Hbond substituents is 1. The first-order valence-electron chi connectivity index (χ1n) is 7.84. The summed E-state index contributed by atoms with van der Waals surface area (Å²) < 4.78 is 10.5. The summed E-state index contributed by atoms with van der Waals surface area (Å²) in [5, 5.41) is 11.6. The van der Waals surface area contributed by atoms with Crippen LogP contribution in [0.25, 0.3) is 6.08 Å². The Bertz CT molecular complexity index is 1060. The van der Waals surface area contributed by atoms with Gasteiger partial charge in [0, 0.05) is 6.07 Å². The summed E-state index contributed by atoms with van der Waals surface area (Å²) in [6, 6.07) is 6.27. The number of nitrogens with one attached hydrogen (secondary N) is 1. The Morgan fingerprint density at radius 1 is 1.04 bits per heavy atom. The first kappa shape index (κ1) is 18.1. The Labute approximate surface area is 167 Å². The number of nitrogens with zero attached hydrogens (tertiary/aromatic N) is 1. The number of aromatic hydroxyl groups is 1. The quantitative estimate of drug-likeness (QED) is 0.571. The lowest BCUT2D eigenvalue weighted by Crippen LogP contribution is -2.54. The first-order chi connectivity index (χ1) is 13.3. The van der Waals surface area contributed by atoms with Gasteiger partial charge in [-0.2, -0.15) is 0 Å². The van der Waals surface area contributed by atoms with E-state index in [1.165, 1.54) is 30.3 Å². The fourth-order valence-corrected chi connectivity index (χ4v) is 3.26. The maximum absolute atomic E-state index is 12.9. The molecule has 1 fully saturated rings. The summed E-state index contributed by atoms with van der Waals surface area (Å²) in [6.07, 6.45) is 1.22. The molecule has 0 aromatic heterocycles. The normalized spacial score (nSPS) is 17.3. The molecule has 142 valence electrons. The zero-order chi connectivity index (χ0) is 20.0. The molecule has 2 N–H and O–H groups in total. The maximum atomic E-state index is 12.9. The summed E-state index contributed by atoms with van der Waals surface area (Å²) in [7, 11) is 0. The third kappa shape index (κ3) is 3.02. The third-order valence-corrected chi connectivity index (χ3v) is 4.64. The van der Waals surface area contributed by atoms with Gasteiger partial charge in [-0.15, -0.1) is 0 Å². The fourth-order valence-electron chi connectivity index (χ4n) is 2.75. The van der Waals surface area contributed by atoms with E-state index >= 15 is 0 Å². The van der Waals surface area contributed by atoms with Crippen molar-refractivity contribution in [2.45, 2.75) is 0 Å². The zero-order valence-electron chi connectivity index (χ0n) is 13.9. The van der Waals surface area contributed by atoms with Crippen molar-refractivity contribution in [3.63, 3.8) is 0 Å². The molecule has 0 bridgehead atoms. The summed E-state index contributed by atoms with van der Waals surface area (Å²) >= 11 is 11.7. The van der Waals surface area contributed by atoms with Crippen LogP contribution < -0.4 is 19.7 Å². The molecule has 0 atom stereocenters. The number of ether oxygens (including phenoxy) is 2. The van der Waals surface area contributed by atoms with E-state index < -0.39 is 17.8 Å². The highest BCUT2D eigenvalue weighted by atomic mass is 35.5. The number of fused-ring (bicyclic) bond motifs is 1. The summed E-state index contributed by atoms with van der Waals surface area (Å²) in [5.74, 6) is -1.17. The van der Waals surface area contributed by atoms with Crippen LogP contribution in [0.3, 0.4) is 0 Å². The molecule has 1 saturated heterocycles. The number of barbiturate groups is 1. The molecule has 28 heavy (non-hydrogen) atoms. The number of carbonyl (C=O) groups is 3. The van der Waals surface area contributed by atoms with Crippen molar-refractivity contribution in [1.29, 1.82) is 0 Å². The molecule has 0 unspecified atom stereocenters. The number of urea groups is 1. The molecule has 0 aliphatic carbocycles. The monoisotopic (exact) mass is 420 g/mol. The van der Waals surface area contributed by atoms with Gasteiger partial charge in [0.1, 0.15) is 5.57 Å². The van der Waals surface area contributed by atoms with Crippen LogP contribution in [0.15, 0.2) is 35.9 Å². The zero-order valence-corrected chi connectivity index (χ0v) is 15.4. The largest absolute Gasteiger partial charge is 0.505 e. The topological polar surface area (TPSA) is 105 Å². The van der Waals surface area contributed by atoms with Crippen molar-refractivity contribution in [3.05, 3.63) is 51.5 Å². The summed E-state index contributed by atoms with van der Waals surface area (Å²) in [6.45, 7) is 0.0327. The highest BCUT2D eigenvalue weighted by Gasteiger charge is 2.37. The lowest BCUT2D eigenvalue weighted by atomic mass is 10.1. The molecule has 0 saturated carbocycles. The molecule has 0 spiro atoms. The second-order valence-corrected chi connectivity index (χ2v) is 6.64. The molecule has 0 radical (unpaired) electrons. The van der Waals surface area contributed by atoms with Crippen LogP contribution in [0.4, 0.5) is 10.5 Å². The number of hydrogen-bond acceptors (Lipinski definition) is 6. The van der Waals surface area contributed by atoms with E-state index in [1.807, 2.05) is 0 Å². The van der Waals surface area contributed by atoms with Crippen molar-refractivity contribution in [2.75, 3.05) is 11.7 Å². The van der Waals surface area contributed by atoms with E-state index in [9.17, 15) is 19.5 Å². The molecular weight excluding hydrogens is 411 g/mol. The van der Waals surface area contributed by atoms with E-state index in [0.717, 1.165) is 4.90 Å². The van der Waals surface area contributed by atoms with E-state index in [0.29, 0.717) is 17.1 Å². The minimum atomic E-state index is -0.896. The number of imide groups is 2. The van der Waals surface area contributed by atoms with Crippen LogP contribution in [-0.4, -0.2) is 29.7 Å². The highest BCUT2D eigenvalue weighted by molar-refractivity contribution is 6.40. The molecule has 4 rings (SSSR count). The molecule has 4 amide bonds. The maximum Gasteiger partial charge on any atom is 0.335 e. The van der Waals surface area contributed by atoms with E-state index in [4.69, 9.17) is 32.7 Å². The average Bonchev–Trinajstić information content (AvgIpc) is 3.11. The van der Waals surface area contributed by atoms with Crippen molar-refractivity contribution in [3.8, 4) is 17.2 Å². The van der Waals surface area contributed by atoms with Crippen molar-refractivity contribution < 1.29 is 29.0 Å². The minimum absolute atomic E-state index is 0.0327. The van der Waals surface area contributed by atoms with E-state index in [2.05, 4.69) is 5.32 Å². The number of halogens is 2. The van der Waals surface area contributed by atoms with Gasteiger partial charge in [-0.05, 0) is 35.9 Å². The van der Waals surface area contributed by atoms with Crippen LogP contribution in [-0.2, 0) is 9.59 Å². The van der Waals surface area contributed by atoms with E-state index in [1.54, 1.807) is 6.07 Å². The number of rotatable bonds is 2. The Balaban J connectivity index is 1.74. The number of amides is 4. The van der Waals surface area contributed by atoms with Crippen molar-refractivity contribution in [1.82, 2.24) is 5.32 Å². The van der Waals surface area contributed by atoms with Crippen LogP contribution in [0, 0.1) is 0 Å². The van der Waals surface area contributed by atoms with Gasteiger partial charge in [-0.25, -0.2) is 9.69 Å². The minimum Gasteiger partial charge on any atom is -0.505 e. The summed E-state index contributed by atoms with van der Waals surface area (Å²) in [4.78, 5) is 38.2. The first-order valence-corrected chi connectivity index (χ1v) is 8.60.